The van der Waals surface area contributed by atoms with E-state index in [-0.39, 0.29) is 47.0 Å². The number of benzene rings is 2. The van der Waals surface area contributed by atoms with Crippen LogP contribution < -0.4 is 10.4 Å². The van der Waals surface area contributed by atoms with E-state index in [2.05, 4.69) is 10.2 Å². The van der Waals surface area contributed by atoms with Crippen LogP contribution in [-0.2, 0) is 6.54 Å². The fraction of sp³-hybridized carbons (Fsp3) is 0.321. The highest BCUT2D eigenvalue weighted by molar-refractivity contribution is 5.98. The van der Waals surface area contributed by atoms with Crippen LogP contribution in [0.5, 0.6) is 17.2 Å². The number of phenolic OH excluding ortho intramolecular Hbond substituents is 2. The van der Waals surface area contributed by atoms with Crippen molar-refractivity contribution in [1.29, 1.82) is 0 Å². The van der Waals surface area contributed by atoms with Gasteiger partial charge in [0, 0.05) is 31.8 Å². The average molecular weight is 520 g/mol. The van der Waals surface area contributed by atoms with Gasteiger partial charge >= 0.3 is 5.69 Å². The summed E-state index contributed by atoms with van der Waals surface area (Å²) in [4.78, 5) is 29.6. The van der Waals surface area contributed by atoms with Crippen molar-refractivity contribution in [2.45, 2.75) is 19.5 Å². The van der Waals surface area contributed by atoms with E-state index in [0.29, 0.717) is 12.4 Å². The maximum absolute atomic E-state index is 13.4. The third-order valence-corrected chi connectivity index (χ3v) is 6.48. The lowest BCUT2D eigenvalue weighted by atomic mass is 9.96. The SMILES string of the molecule is CC1C=CC=CC1n1c(-c2cc(C(=O)N(C)Cc3ccccc3OCCN(C)C)c(O)cc2O)n[nH]c1=O. The van der Waals surface area contributed by atoms with Gasteiger partial charge in [0.25, 0.3) is 5.91 Å². The Balaban J connectivity index is 1.63. The number of aromatic nitrogens is 3. The molecular weight excluding hydrogens is 486 g/mol. The quantitative estimate of drug-likeness (QED) is 0.397. The molecule has 1 heterocycles. The molecule has 0 bridgehead atoms. The van der Waals surface area contributed by atoms with Crippen LogP contribution in [0, 0.1) is 5.92 Å². The Kier molecular flexibility index (Phi) is 8.02. The van der Waals surface area contributed by atoms with Crippen molar-refractivity contribution in [1.82, 2.24) is 24.6 Å². The van der Waals surface area contributed by atoms with Gasteiger partial charge in [-0.15, -0.1) is 0 Å². The Morgan fingerprint density at radius 3 is 2.58 bits per heavy atom. The molecule has 38 heavy (non-hydrogen) atoms. The van der Waals surface area contributed by atoms with Gasteiger partial charge in [-0.05, 0) is 32.1 Å². The number of hydrogen-bond acceptors (Lipinski definition) is 7. The molecule has 2 atom stereocenters. The minimum absolute atomic E-state index is 0.000515. The molecule has 1 amide bonds. The van der Waals surface area contributed by atoms with Crippen LogP contribution in [0.1, 0.15) is 28.9 Å². The summed E-state index contributed by atoms with van der Waals surface area (Å²) >= 11 is 0. The van der Waals surface area contributed by atoms with Gasteiger partial charge in [-0.25, -0.2) is 9.89 Å². The van der Waals surface area contributed by atoms with Crippen LogP contribution >= 0.6 is 0 Å². The number of phenols is 2. The minimum Gasteiger partial charge on any atom is -0.507 e. The fourth-order valence-electron chi connectivity index (χ4n) is 4.37. The van der Waals surface area contributed by atoms with Crippen LogP contribution in [0.25, 0.3) is 11.4 Å². The Bertz CT molecular complexity index is 1420. The summed E-state index contributed by atoms with van der Waals surface area (Å²) < 4.78 is 7.36. The zero-order valence-corrected chi connectivity index (χ0v) is 22.0. The zero-order chi connectivity index (χ0) is 27.4. The number of para-hydroxylation sites is 1. The first kappa shape index (κ1) is 26.7. The van der Waals surface area contributed by atoms with E-state index < -0.39 is 11.6 Å². The number of aromatic hydroxyl groups is 2. The van der Waals surface area contributed by atoms with Crippen molar-refractivity contribution in [2.24, 2.45) is 5.92 Å². The molecule has 10 heteroatoms. The highest BCUT2D eigenvalue weighted by atomic mass is 16.5. The van der Waals surface area contributed by atoms with Gasteiger partial charge in [-0.2, -0.15) is 5.10 Å². The number of rotatable bonds is 9. The second kappa shape index (κ2) is 11.4. The first-order valence-electron chi connectivity index (χ1n) is 12.4. The van der Waals surface area contributed by atoms with Crippen molar-refractivity contribution >= 4 is 5.91 Å². The molecule has 0 spiro atoms. The summed E-state index contributed by atoms with van der Waals surface area (Å²) in [6.45, 7) is 3.45. The lowest BCUT2D eigenvalue weighted by molar-refractivity contribution is 0.0781. The molecule has 3 N–H and O–H groups in total. The fourth-order valence-corrected chi connectivity index (χ4v) is 4.37. The second-order valence-corrected chi connectivity index (χ2v) is 9.65. The van der Waals surface area contributed by atoms with Crippen LogP contribution in [0.2, 0.25) is 0 Å². The van der Waals surface area contributed by atoms with Crippen molar-refractivity contribution < 1.29 is 19.7 Å². The number of carbonyl (C=O) groups is 1. The molecule has 10 nitrogen and oxygen atoms in total. The predicted octanol–water partition coefficient (Wildman–Crippen LogP) is 3.17. The third-order valence-electron chi connectivity index (χ3n) is 6.48. The molecule has 2 unspecified atom stereocenters. The smallest absolute Gasteiger partial charge is 0.344 e. The molecule has 2 aromatic carbocycles. The predicted molar refractivity (Wildman–Crippen MR) is 144 cm³/mol. The third kappa shape index (κ3) is 5.65. The highest BCUT2D eigenvalue weighted by Gasteiger charge is 2.27. The molecule has 0 radical (unpaired) electrons. The topological polar surface area (TPSA) is 124 Å². The number of likely N-dealkylation sites (N-methyl/N-ethyl adjacent to an activating group) is 1. The molecule has 200 valence electrons. The number of amides is 1. The first-order chi connectivity index (χ1) is 18.2. The Labute approximate surface area is 221 Å². The summed E-state index contributed by atoms with van der Waals surface area (Å²) in [6.07, 6.45) is 7.59. The van der Waals surface area contributed by atoms with Crippen molar-refractivity contribution in [3.05, 3.63) is 82.3 Å². The van der Waals surface area contributed by atoms with Crippen molar-refractivity contribution in [3.8, 4) is 28.6 Å². The zero-order valence-electron chi connectivity index (χ0n) is 22.0. The number of H-pyrrole nitrogens is 1. The normalized spacial score (nSPS) is 16.7. The highest BCUT2D eigenvalue weighted by Crippen LogP contribution is 2.36. The Hall–Kier alpha value is -4.31. The van der Waals surface area contributed by atoms with E-state index in [1.165, 1.54) is 15.5 Å². The number of aromatic amines is 1. The number of nitrogens with zero attached hydrogens (tertiary/aromatic N) is 4. The van der Waals surface area contributed by atoms with Crippen LogP contribution in [0.4, 0.5) is 0 Å². The molecule has 3 aromatic rings. The van der Waals surface area contributed by atoms with Crippen molar-refractivity contribution in [2.75, 3.05) is 34.3 Å². The number of hydrogen-bond donors (Lipinski definition) is 3. The van der Waals surface area contributed by atoms with E-state index in [9.17, 15) is 19.8 Å². The summed E-state index contributed by atoms with van der Waals surface area (Å²) in [5, 5.41) is 27.8. The van der Waals surface area contributed by atoms with Gasteiger partial charge in [0.05, 0.1) is 17.2 Å². The maximum atomic E-state index is 13.4. The summed E-state index contributed by atoms with van der Waals surface area (Å²) in [7, 11) is 5.55. The first-order valence-corrected chi connectivity index (χ1v) is 12.4. The Morgan fingerprint density at radius 2 is 1.84 bits per heavy atom. The Morgan fingerprint density at radius 1 is 1.11 bits per heavy atom. The minimum atomic E-state index is -0.467. The second-order valence-electron chi connectivity index (χ2n) is 9.65. The molecular formula is C28H33N5O5. The molecule has 0 saturated carbocycles. The molecule has 1 aliphatic carbocycles. The van der Waals surface area contributed by atoms with E-state index >= 15 is 0 Å². The molecule has 0 aliphatic heterocycles. The van der Waals surface area contributed by atoms with Gasteiger partial charge in [0.1, 0.15) is 23.9 Å². The van der Waals surface area contributed by atoms with E-state index in [1.54, 1.807) is 7.05 Å². The van der Waals surface area contributed by atoms with E-state index in [4.69, 9.17) is 4.74 Å². The monoisotopic (exact) mass is 519 g/mol. The van der Waals surface area contributed by atoms with Crippen molar-refractivity contribution in [3.63, 3.8) is 0 Å². The molecule has 1 aromatic heterocycles. The van der Waals surface area contributed by atoms with Crippen LogP contribution in [-0.4, -0.2) is 75.0 Å². The van der Waals surface area contributed by atoms with Gasteiger partial charge in [0.2, 0.25) is 0 Å². The molecule has 1 aliphatic rings. The molecule has 4 rings (SSSR count). The standard InChI is InChI=1S/C28H33N5O5/c1-18-9-5-7-11-22(18)33-26(29-30-28(33)37)20-15-21(24(35)16-23(20)34)27(36)32(4)17-19-10-6-8-12-25(19)38-14-13-31(2)3/h5-12,15-16,18,22,34-35H,13-14,17H2,1-4H3,(H,30,37). The van der Waals surface area contributed by atoms with Gasteiger partial charge in [-0.1, -0.05) is 49.4 Å². The van der Waals surface area contributed by atoms with E-state index in [1.807, 2.05) is 74.5 Å². The number of allylic oxidation sites excluding steroid dienone is 4. The van der Waals surface area contributed by atoms with Gasteiger partial charge in [0.15, 0.2) is 5.82 Å². The number of nitrogens with one attached hydrogen (secondary N) is 1. The molecule has 0 fully saturated rings. The number of ether oxygens (including phenoxy) is 1. The summed E-state index contributed by atoms with van der Waals surface area (Å²) in [6, 6.07) is 9.60. The van der Waals surface area contributed by atoms with E-state index in [0.717, 1.165) is 18.2 Å². The lowest BCUT2D eigenvalue weighted by Gasteiger charge is -2.23. The van der Waals surface area contributed by atoms with Gasteiger partial charge in [-0.3, -0.25) is 9.36 Å². The van der Waals surface area contributed by atoms with Crippen LogP contribution in [0.15, 0.2) is 65.5 Å². The summed E-state index contributed by atoms with van der Waals surface area (Å²) in [5.41, 5.74) is 0.494. The molecule has 0 saturated heterocycles. The summed E-state index contributed by atoms with van der Waals surface area (Å²) in [5.74, 6) is -0.304. The van der Waals surface area contributed by atoms with Gasteiger partial charge < -0.3 is 24.7 Å². The lowest BCUT2D eigenvalue weighted by Crippen LogP contribution is -2.27. The largest absolute Gasteiger partial charge is 0.507 e. The number of carbonyl (C=O) groups excluding carboxylic acids is 1. The maximum Gasteiger partial charge on any atom is 0.344 e. The average Bonchev–Trinajstić information content (AvgIpc) is 3.25. The van der Waals surface area contributed by atoms with Crippen LogP contribution in [0.3, 0.4) is 0 Å².